The van der Waals surface area contributed by atoms with Crippen LogP contribution in [-0.4, -0.2) is 30.4 Å². The molecule has 0 aliphatic carbocycles. The van der Waals surface area contributed by atoms with E-state index < -0.39 is 0 Å². The van der Waals surface area contributed by atoms with Gasteiger partial charge in [0.25, 0.3) is 11.8 Å². The summed E-state index contributed by atoms with van der Waals surface area (Å²) in [6.07, 6.45) is 0. The number of hydrogen-bond acceptors (Lipinski definition) is 5. The Hall–Kier alpha value is -4.06. The van der Waals surface area contributed by atoms with Crippen LogP contribution in [0.4, 0.5) is 5.69 Å². The van der Waals surface area contributed by atoms with Gasteiger partial charge in [0, 0.05) is 0 Å². The molecule has 1 aliphatic heterocycles. The fourth-order valence-electron chi connectivity index (χ4n) is 3.61. The van der Waals surface area contributed by atoms with E-state index in [1.165, 1.54) is 4.90 Å². The third kappa shape index (κ3) is 4.21. The molecular weight excluding hydrogens is 404 g/mol. The number of anilines is 1. The van der Waals surface area contributed by atoms with Crippen LogP contribution >= 0.6 is 0 Å². The molecule has 32 heavy (non-hydrogen) atoms. The summed E-state index contributed by atoms with van der Waals surface area (Å²) >= 11 is 0. The highest BCUT2D eigenvalue weighted by atomic mass is 16.5. The molecule has 1 aliphatic rings. The van der Waals surface area contributed by atoms with E-state index in [2.05, 4.69) is 5.32 Å². The lowest BCUT2D eigenvalue weighted by Gasteiger charge is -2.16. The zero-order valence-corrected chi connectivity index (χ0v) is 18.0. The smallest absolute Gasteiger partial charge is 0.278 e. The Morgan fingerprint density at radius 2 is 1.53 bits per heavy atom. The van der Waals surface area contributed by atoms with Gasteiger partial charge in [-0.05, 0) is 42.3 Å². The first kappa shape index (κ1) is 21.2. The first-order valence-electron chi connectivity index (χ1n) is 10.4. The topological polar surface area (TPSA) is 67.9 Å². The van der Waals surface area contributed by atoms with Crippen molar-refractivity contribution in [2.45, 2.75) is 13.5 Å². The highest BCUT2D eigenvalue weighted by Crippen LogP contribution is 2.34. The van der Waals surface area contributed by atoms with Crippen molar-refractivity contribution in [3.8, 4) is 11.5 Å². The van der Waals surface area contributed by atoms with Crippen molar-refractivity contribution in [3.05, 3.63) is 95.7 Å². The number of carbonyl (C=O) groups excluding carboxylic acids is 2. The number of benzene rings is 3. The fourth-order valence-corrected chi connectivity index (χ4v) is 3.61. The first-order chi connectivity index (χ1) is 15.6. The number of ether oxygens (including phenoxy) is 2. The van der Waals surface area contributed by atoms with Crippen molar-refractivity contribution in [1.29, 1.82) is 0 Å². The fraction of sp³-hybridized carbons (Fsp3) is 0.154. The van der Waals surface area contributed by atoms with Crippen molar-refractivity contribution in [1.82, 2.24) is 4.90 Å². The minimum absolute atomic E-state index is 0.163. The Bertz CT molecular complexity index is 1150. The van der Waals surface area contributed by atoms with Crippen molar-refractivity contribution in [3.63, 3.8) is 0 Å². The van der Waals surface area contributed by atoms with Gasteiger partial charge in [-0.15, -0.1) is 0 Å². The SMILES string of the molecule is CCOc1ccccc1NC1=C(c2ccccc2)C(=O)N(Cc2ccc(OC)cc2)C1=O. The summed E-state index contributed by atoms with van der Waals surface area (Å²) in [6, 6.07) is 23.9. The lowest BCUT2D eigenvalue weighted by molar-refractivity contribution is -0.137. The molecule has 4 rings (SSSR count). The summed E-state index contributed by atoms with van der Waals surface area (Å²) in [7, 11) is 1.59. The second kappa shape index (κ2) is 9.39. The Kier molecular flexibility index (Phi) is 6.22. The molecule has 0 atom stereocenters. The maximum atomic E-state index is 13.4. The van der Waals surface area contributed by atoms with Crippen LogP contribution in [0.15, 0.2) is 84.6 Å². The number of carbonyl (C=O) groups is 2. The zero-order chi connectivity index (χ0) is 22.5. The predicted molar refractivity (Wildman–Crippen MR) is 123 cm³/mol. The Balaban J connectivity index is 1.71. The summed E-state index contributed by atoms with van der Waals surface area (Å²) in [4.78, 5) is 28.1. The van der Waals surface area contributed by atoms with E-state index in [1.807, 2.05) is 85.8 Å². The van der Waals surface area contributed by atoms with Crippen LogP contribution in [-0.2, 0) is 16.1 Å². The molecule has 0 saturated carbocycles. The van der Waals surface area contributed by atoms with Crippen LogP contribution in [0, 0.1) is 0 Å². The van der Waals surface area contributed by atoms with Crippen LogP contribution in [0.3, 0.4) is 0 Å². The summed E-state index contributed by atoms with van der Waals surface area (Å²) < 4.78 is 10.9. The Labute approximate surface area is 187 Å². The van der Waals surface area contributed by atoms with E-state index in [4.69, 9.17) is 9.47 Å². The quantitative estimate of drug-likeness (QED) is 0.536. The molecule has 0 bridgehead atoms. The van der Waals surface area contributed by atoms with Gasteiger partial charge in [0.15, 0.2) is 0 Å². The lowest BCUT2D eigenvalue weighted by Crippen LogP contribution is -2.32. The highest BCUT2D eigenvalue weighted by Gasteiger charge is 2.39. The van der Waals surface area contributed by atoms with E-state index in [0.29, 0.717) is 34.9 Å². The molecule has 6 heteroatoms. The molecule has 162 valence electrons. The van der Waals surface area contributed by atoms with Crippen molar-refractivity contribution >= 4 is 23.1 Å². The van der Waals surface area contributed by atoms with E-state index in [-0.39, 0.29) is 24.1 Å². The summed E-state index contributed by atoms with van der Waals surface area (Å²) in [5.74, 6) is 0.610. The van der Waals surface area contributed by atoms with Crippen molar-refractivity contribution in [2.75, 3.05) is 19.0 Å². The number of nitrogens with zero attached hydrogens (tertiary/aromatic N) is 1. The number of methoxy groups -OCH3 is 1. The van der Waals surface area contributed by atoms with Gasteiger partial charge >= 0.3 is 0 Å². The molecule has 1 N–H and O–H groups in total. The van der Waals surface area contributed by atoms with Gasteiger partial charge in [0.2, 0.25) is 0 Å². The molecule has 0 radical (unpaired) electrons. The zero-order valence-electron chi connectivity index (χ0n) is 18.0. The molecule has 6 nitrogen and oxygen atoms in total. The lowest BCUT2D eigenvalue weighted by atomic mass is 10.0. The largest absolute Gasteiger partial charge is 0.497 e. The second-order valence-corrected chi connectivity index (χ2v) is 7.21. The summed E-state index contributed by atoms with van der Waals surface area (Å²) in [5.41, 5.74) is 2.72. The Morgan fingerprint density at radius 3 is 2.22 bits per heavy atom. The van der Waals surface area contributed by atoms with E-state index in [9.17, 15) is 9.59 Å². The summed E-state index contributed by atoms with van der Waals surface area (Å²) in [5, 5.41) is 3.18. The van der Waals surface area contributed by atoms with E-state index in [1.54, 1.807) is 7.11 Å². The van der Waals surface area contributed by atoms with Gasteiger partial charge in [-0.25, -0.2) is 0 Å². The molecule has 2 amide bonds. The first-order valence-corrected chi connectivity index (χ1v) is 10.4. The minimum atomic E-state index is -0.379. The van der Waals surface area contributed by atoms with Gasteiger partial charge in [0.05, 0.1) is 31.5 Å². The van der Waals surface area contributed by atoms with Crippen molar-refractivity contribution < 1.29 is 19.1 Å². The van der Waals surface area contributed by atoms with E-state index in [0.717, 1.165) is 5.56 Å². The maximum Gasteiger partial charge on any atom is 0.278 e. The van der Waals surface area contributed by atoms with Crippen LogP contribution in [0.1, 0.15) is 18.1 Å². The average Bonchev–Trinajstić information content (AvgIpc) is 3.05. The van der Waals surface area contributed by atoms with Crippen LogP contribution < -0.4 is 14.8 Å². The molecule has 0 saturated heterocycles. The standard InChI is InChI=1S/C26H24N2O4/c1-3-32-22-12-8-7-11-21(22)27-24-23(19-9-5-4-6-10-19)25(29)28(26(24)30)17-18-13-15-20(31-2)16-14-18/h4-16,27H,3,17H2,1-2H3. The molecule has 0 fully saturated rings. The second-order valence-electron chi connectivity index (χ2n) is 7.21. The molecule has 1 heterocycles. The number of para-hydroxylation sites is 2. The number of rotatable bonds is 8. The number of hydrogen-bond donors (Lipinski definition) is 1. The number of imide groups is 1. The summed E-state index contributed by atoms with van der Waals surface area (Å²) in [6.45, 7) is 2.54. The van der Waals surface area contributed by atoms with Gasteiger partial charge < -0.3 is 14.8 Å². The number of amides is 2. The number of nitrogens with one attached hydrogen (secondary N) is 1. The third-order valence-electron chi connectivity index (χ3n) is 5.18. The normalized spacial score (nSPS) is 13.5. The molecule has 3 aromatic carbocycles. The van der Waals surface area contributed by atoms with Gasteiger partial charge in [-0.3, -0.25) is 14.5 Å². The van der Waals surface area contributed by atoms with Gasteiger partial charge in [-0.1, -0.05) is 54.6 Å². The van der Waals surface area contributed by atoms with Crippen LogP contribution in [0.2, 0.25) is 0 Å². The van der Waals surface area contributed by atoms with Gasteiger partial charge in [-0.2, -0.15) is 0 Å². The molecular formula is C26H24N2O4. The monoisotopic (exact) mass is 428 g/mol. The molecule has 0 aromatic heterocycles. The van der Waals surface area contributed by atoms with Gasteiger partial charge in [0.1, 0.15) is 17.2 Å². The van der Waals surface area contributed by atoms with E-state index >= 15 is 0 Å². The van der Waals surface area contributed by atoms with Crippen LogP contribution in [0.5, 0.6) is 11.5 Å². The van der Waals surface area contributed by atoms with Crippen LogP contribution in [0.25, 0.3) is 5.57 Å². The maximum absolute atomic E-state index is 13.4. The molecule has 0 spiro atoms. The molecule has 0 unspecified atom stereocenters. The highest BCUT2D eigenvalue weighted by molar-refractivity contribution is 6.36. The Morgan fingerprint density at radius 1 is 0.844 bits per heavy atom. The average molecular weight is 428 g/mol. The minimum Gasteiger partial charge on any atom is -0.497 e. The molecule has 3 aromatic rings. The van der Waals surface area contributed by atoms with Crippen molar-refractivity contribution in [2.24, 2.45) is 0 Å². The predicted octanol–water partition coefficient (Wildman–Crippen LogP) is 4.49. The third-order valence-corrected chi connectivity index (χ3v) is 5.18.